The molecule has 1 heterocycles. The minimum absolute atomic E-state index is 0.135. The van der Waals surface area contributed by atoms with Crippen molar-refractivity contribution < 1.29 is 9.18 Å². The molecule has 2 rings (SSSR count). The predicted molar refractivity (Wildman–Crippen MR) is 69.8 cm³/mol. The summed E-state index contributed by atoms with van der Waals surface area (Å²) in [5, 5.41) is 2.78. The molecule has 94 valence electrons. The zero-order chi connectivity index (χ0) is 13.0. The number of thiophene rings is 1. The van der Waals surface area contributed by atoms with Crippen LogP contribution in [0.5, 0.6) is 0 Å². The van der Waals surface area contributed by atoms with Crippen molar-refractivity contribution in [3.63, 3.8) is 0 Å². The number of benzene rings is 1. The van der Waals surface area contributed by atoms with Crippen LogP contribution >= 0.6 is 11.3 Å². The van der Waals surface area contributed by atoms with Crippen molar-refractivity contribution in [1.29, 1.82) is 0 Å². The molecule has 3 nitrogen and oxygen atoms in total. The standard InChI is InChI=1S/C13H13FN2OS/c14-10-3-1-9(2-4-10)8-16-13(17)12-6-5-11(7-15)18-12/h1-6H,7-8,15H2,(H,16,17). The fourth-order valence-electron chi connectivity index (χ4n) is 1.48. The van der Waals surface area contributed by atoms with Crippen molar-refractivity contribution in [1.82, 2.24) is 5.32 Å². The molecule has 0 radical (unpaired) electrons. The van der Waals surface area contributed by atoms with Gasteiger partial charge < -0.3 is 11.1 Å². The first kappa shape index (κ1) is 12.7. The summed E-state index contributed by atoms with van der Waals surface area (Å²) in [5.41, 5.74) is 6.35. The fourth-order valence-corrected chi connectivity index (χ4v) is 2.28. The van der Waals surface area contributed by atoms with E-state index in [1.807, 2.05) is 6.07 Å². The quantitative estimate of drug-likeness (QED) is 0.890. The molecule has 0 aliphatic heterocycles. The van der Waals surface area contributed by atoms with Crippen LogP contribution in [-0.2, 0) is 13.1 Å². The van der Waals surface area contributed by atoms with Crippen molar-refractivity contribution >= 4 is 17.2 Å². The van der Waals surface area contributed by atoms with E-state index in [4.69, 9.17) is 5.73 Å². The van der Waals surface area contributed by atoms with Gasteiger partial charge >= 0.3 is 0 Å². The Balaban J connectivity index is 1.93. The molecule has 1 aromatic heterocycles. The average molecular weight is 264 g/mol. The van der Waals surface area contributed by atoms with E-state index < -0.39 is 0 Å². The maximum absolute atomic E-state index is 12.7. The molecule has 3 N–H and O–H groups in total. The van der Waals surface area contributed by atoms with Crippen LogP contribution in [0, 0.1) is 5.82 Å². The van der Waals surface area contributed by atoms with E-state index in [0.29, 0.717) is 18.0 Å². The number of rotatable bonds is 4. The third-order valence-corrected chi connectivity index (χ3v) is 3.56. The van der Waals surface area contributed by atoms with E-state index in [1.54, 1.807) is 18.2 Å². The van der Waals surface area contributed by atoms with E-state index in [2.05, 4.69) is 5.32 Å². The lowest BCUT2D eigenvalue weighted by molar-refractivity contribution is 0.0955. The maximum Gasteiger partial charge on any atom is 0.261 e. The molecule has 2 aromatic rings. The Morgan fingerprint density at radius 1 is 1.22 bits per heavy atom. The Bertz CT molecular complexity index is 536. The molecule has 0 aliphatic carbocycles. The van der Waals surface area contributed by atoms with Crippen molar-refractivity contribution in [2.24, 2.45) is 5.73 Å². The van der Waals surface area contributed by atoms with Crippen molar-refractivity contribution in [3.8, 4) is 0 Å². The molecule has 1 aromatic carbocycles. The van der Waals surface area contributed by atoms with Gasteiger partial charge in [-0.1, -0.05) is 12.1 Å². The number of nitrogens with one attached hydrogen (secondary N) is 1. The number of halogens is 1. The summed E-state index contributed by atoms with van der Waals surface area (Å²) >= 11 is 1.38. The molecule has 0 aliphatic rings. The zero-order valence-electron chi connectivity index (χ0n) is 9.65. The molecule has 0 atom stereocenters. The highest BCUT2D eigenvalue weighted by molar-refractivity contribution is 7.14. The van der Waals surface area contributed by atoms with Crippen LogP contribution in [0.1, 0.15) is 20.1 Å². The van der Waals surface area contributed by atoms with Gasteiger partial charge in [-0.2, -0.15) is 0 Å². The first-order chi connectivity index (χ1) is 8.69. The van der Waals surface area contributed by atoms with E-state index in [-0.39, 0.29) is 11.7 Å². The summed E-state index contributed by atoms with van der Waals surface area (Å²) < 4.78 is 12.7. The van der Waals surface area contributed by atoms with Gasteiger partial charge in [-0.25, -0.2) is 4.39 Å². The van der Waals surface area contributed by atoms with E-state index in [1.165, 1.54) is 23.5 Å². The van der Waals surface area contributed by atoms with Crippen LogP contribution in [0.3, 0.4) is 0 Å². The van der Waals surface area contributed by atoms with Gasteiger partial charge in [0.15, 0.2) is 0 Å². The lowest BCUT2D eigenvalue weighted by atomic mass is 10.2. The Hall–Kier alpha value is -1.72. The summed E-state index contributed by atoms with van der Waals surface area (Å²) in [6, 6.07) is 9.65. The van der Waals surface area contributed by atoms with E-state index in [9.17, 15) is 9.18 Å². The summed E-state index contributed by atoms with van der Waals surface area (Å²) in [7, 11) is 0. The van der Waals surface area contributed by atoms with Gasteiger partial charge in [0.1, 0.15) is 5.82 Å². The molecule has 0 unspecified atom stereocenters. The Morgan fingerprint density at radius 3 is 2.56 bits per heavy atom. The minimum Gasteiger partial charge on any atom is -0.347 e. The second-order valence-corrected chi connectivity index (χ2v) is 4.95. The van der Waals surface area contributed by atoms with E-state index >= 15 is 0 Å². The number of carbonyl (C=O) groups excluding carboxylic acids is 1. The normalized spacial score (nSPS) is 10.3. The smallest absolute Gasteiger partial charge is 0.261 e. The molecular weight excluding hydrogens is 251 g/mol. The number of hydrogen-bond acceptors (Lipinski definition) is 3. The third kappa shape index (κ3) is 3.15. The van der Waals surface area contributed by atoms with Gasteiger partial charge in [-0.3, -0.25) is 4.79 Å². The Morgan fingerprint density at radius 2 is 1.94 bits per heavy atom. The third-order valence-electron chi connectivity index (χ3n) is 2.45. The summed E-state index contributed by atoms with van der Waals surface area (Å²) in [6.45, 7) is 0.824. The summed E-state index contributed by atoms with van der Waals surface area (Å²) in [4.78, 5) is 13.4. The van der Waals surface area contributed by atoms with Crippen LogP contribution in [0.4, 0.5) is 4.39 Å². The van der Waals surface area contributed by atoms with Gasteiger partial charge in [0.2, 0.25) is 0 Å². The number of carbonyl (C=O) groups is 1. The van der Waals surface area contributed by atoms with Crippen molar-refractivity contribution in [2.75, 3.05) is 0 Å². The van der Waals surface area contributed by atoms with Crippen LogP contribution in [0.2, 0.25) is 0 Å². The van der Waals surface area contributed by atoms with Gasteiger partial charge in [0.25, 0.3) is 5.91 Å². The highest BCUT2D eigenvalue weighted by Crippen LogP contribution is 2.15. The maximum atomic E-state index is 12.7. The second-order valence-electron chi connectivity index (χ2n) is 3.78. The molecule has 0 fully saturated rings. The summed E-state index contributed by atoms with van der Waals surface area (Å²) in [5.74, 6) is -0.417. The molecular formula is C13H13FN2OS. The molecule has 0 spiro atoms. The second kappa shape index (κ2) is 5.75. The molecule has 18 heavy (non-hydrogen) atoms. The fraction of sp³-hybridized carbons (Fsp3) is 0.154. The highest BCUT2D eigenvalue weighted by atomic mass is 32.1. The van der Waals surface area contributed by atoms with Crippen LogP contribution < -0.4 is 11.1 Å². The van der Waals surface area contributed by atoms with Gasteiger partial charge in [0.05, 0.1) is 4.88 Å². The van der Waals surface area contributed by atoms with Crippen LogP contribution in [0.15, 0.2) is 36.4 Å². The average Bonchev–Trinajstić information content (AvgIpc) is 2.86. The van der Waals surface area contributed by atoms with Crippen LogP contribution in [0.25, 0.3) is 0 Å². The number of amides is 1. The molecule has 1 amide bonds. The molecule has 0 saturated heterocycles. The summed E-state index contributed by atoms with van der Waals surface area (Å²) in [6.07, 6.45) is 0. The SMILES string of the molecule is NCc1ccc(C(=O)NCc2ccc(F)cc2)s1. The topological polar surface area (TPSA) is 55.1 Å². The lowest BCUT2D eigenvalue weighted by Gasteiger charge is -2.03. The van der Waals surface area contributed by atoms with E-state index in [0.717, 1.165) is 10.4 Å². The Kier molecular flexibility index (Phi) is 4.07. The lowest BCUT2D eigenvalue weighted by Crippen LogP contribution is -2.21. The molecule has 0 saturated carbocycles. The molecule has 5 heteroatoms. The van der Waals surface area contributed by atoms with Crippen molar-refractivity contribution in [3.05, 3.63) is 57.5 Å². The van der Waals surface area contributed by atoms with Gasteiger partial charge in [-0.05, 0) is 29.8 Å². The number of nitrogens with two attached hydrogens (primary N) is 1. The molecule has 0 bridgehead atoms. The van der Waals surface area contributed by atoms with Crippen LogP contribution in [-0.4, -0.2) is 5.91 Å². The minimum atomic E-state index is -0.282. The zero-order valence-corrected chi connectivity index (χ0v) is 10.5. The highest BCUT2D eigenvalue weighted by Gasteiger charge is 2.08. The Labute approximate surface area is 108 Å². The van der Waals surface area contributed by atoms with Crippen molar-refractivity contribution in [2.45, 2.75) is 13.1 Å². The first-order valence-corrected chi connectivity index (χ1v) is 6.32. The predicted octanol–water partition coefficient (Wildman–Crippen LogP) is 2.28. The monoisotopic (exact) mass is 264 g/mol. The van der Waals surface area contributed by atoms with Gasteiger partial charge in [-0.15, -0.1) is 11.3 Å². The number of hydrogen-bond donors (Lipinski definition) is 2. The largest absolute Gasteiger partial charge is 0.347 e. The van der Waals surface area contributed by atoms with Gasteiger partial charge in [0, 0.05) is 18.0 Å². The first-order valence-electron chi connectivity index (χ1n) is 5.50.